The number of nitrogens with one attached hydrogen (secondary N) is 1. The summed E-state index contributed by atoms with van der Waals surface area (Å²) >= 11 is 0. The number of carbonyl (C=O) groups is 1. The number of methoxy groups -OCH3 is 2. The van der Waals surface area contributed by atoms with Gasteiger partial charge in [-0.25, -0.2) is 0 Å². The molecule has 0 fully saturated rings. The van der Waals surface area contributed by atoms with Crippen molar-refractivity contribution in [2.24, 2.45) is 0 Å². The first kappa shape index (κ1) is 13.6. The van der Waals surface area contributed by atoms with Crippen LogP contribution in [0.3, 0.4) is 0 Å². The Hall–Kier alpha value is -2.48. The molecule has 94 valence electrons. The molecule has 0 aliphatic carbocycles. The molecule has 18 heavy (non-hydrogen) atoms. The van der Waals surface area contributed by atoms with Gasteiger partial charge in [-0.1, -0.05) is 12.1 Å². The number of likely N-dealkylation sites (N-methyl/N-ethyl adjacent to an activating group) is 1. The number of amides is 1. The van der Waals surface area contributed by atoms with Crippen molar-refractivity contribution in [2.75, 3.05) is 21.3 Å². The van der Waals surface area contributed by atoms with Gasteiger partial charge < -0.3 is 14.8 Å². The van der Waals surface area contributed by atoms with Crippen LogP contribution >= 0.6 is 0 Å². The molecular formula is C13H14N2O3. The van der Waals surface area contributed by atoms with E-state index in [-0.39, 0.29) is 5.57 Å². The van der Waals surface area contributed by atoms with E-state index in [0.29, 0.717) is 17.1 Å². The molecule has 1 amide bonds. The third-order valence-corrected chi connectivity index (χ3v) is 2.33. The Bertz CT molecular complexity index is 515. The first-order valence-electron chi connectivity index (χ1n) is 5.22. The van der Waals surface area contributed by atoms with Gasteiger partial charge in [-0.3, -0.25) is 4.79 Å². The Kier molecular flexibility index (Phi) is 4.76. The number of nitriles is 1. The van der Waals surface area contributed by atoms with E-state index in [0.717, 1.165) is 0 Å². The zero-order chi connectivity index (χ0) is 13.5. The van der Waals surface area contributed by atoms with E-state index >= 15 is 0 Å². The summed E-state index contributed by atoms with van der Waals surface area (Å²) in [5.74, 6) is 0.583. The molecule has 0 saturated heterocycles. The molecule has 5 nitrogen and oxygen atoms in total. The number of rotatable bonds is 4. The standard InChI is InChI=1S/C13H14N2O3/c1-15-13(16)10(8-14)7-9-5-4-6-11(17-2)12(9)18-3/h4-7H,1-3H3,(H,15,16)/b10-7+. The van der Waals surface area contributed by atoms with Crippen LogP contribution in [0.25, 0.3) is 6.08 Å². The SMILES string of the molecule is CNC(=O)/C(C#N)=C/c1cccc(OC)c1OC. The van der Waals surface area contributed by atoms with Gasteiger partial charge in [0.15, 0.2) is 11.5 Å². The lowest BCUT2D eigenvalue weighted by Gasteiger charge is -2.10. The maximum absolute atomic E-state index is 11.4. The molecule has 0 aromatic heterocycles. The maximum Gasteiger partial charge on any atom is 0.261 e. The van der Waals surface area contributed by atoms with Crippen LogP contribution in [0.1, 0.15) is 5.56 Å². The highest BCUT2D eigenvalue weighted by atomic mass is 16.5. The highest BCUT2D eigenvalue weighted by Crippen LogP contribution is 2.32. The average molecular weight is 246 g/mol. The van der Waals surface area contributed by atoms with E-state index in [2.05, 4.69) is 5.32 Å². The van der Waals surface area contributed by atoms with Crippen molar-refractivity contribution in [3.63, 3.8) is 0 Å². The summed E-state index contributed by atoms with van der Waals surface area (Å²) < 4.78 is 10.4. The molecule has 1 aromatic rings. The zero-order valence-corrected chi connectivity index (χ0v) is 10.5. The normalized spacial score (nSPS) is 10.4. The van der Waals surface area contributed by atoms with E-state index in [1.807, 2.05) is 6.07 Å². The van der Waals surface area contributed by atoms with E-state index in [9.17, 15) is 4.79 Å². The largest absolute Gasteiger partial charge is 0.493 e. The van der Waals surface area contributed by atoms with Crippen LogP contribution < -0.4 is 14.8 Å². The summed E-state index contributed by atoms with van der Waals surface area (Å²) in [4.78, 5) is 11.4. The lowest BCUT2D eigenvalue weighted by Crippen LogP contribution is -2.19. The van der Waals surface area contributed by atoms with Crippen molar-refractivity contribution in [3.8, 4) is 17.6 Å². The Morgan fingerprint density at radius 2 is 2.11 bits per heavy atom. The van der Waals surface area contributed by atoms with Crippen molar-refractivity contribution in [1.82, 2.24) is 5.32 Å². The van der Waals surface area contributed by atoms with Crippen molar-refractivity contribution < 1.29 is 14.3 Å². The van der Waals surface area contributed by atoms with Crippen LogP contribution in [0.2, 0.25) is 0 Å². The fourth-order valence-corrected chi connectivity index (χ4v) is 1.46. The monoisotopic (exact) mass is 246 g/mol. The van der Waals surface area contributed by atoms with Gasteiger partial charge in [0.1, 0.15) is 11.6 Å². The van der Waals surface area contributed by atoms with Gasteiger partial charge in [0.05, 0.1) is 14.2 Å². The summed E-state index contributed by atoms with van der Waals surface area (Å²) in [5.41, 5.74) is 0.612. The lowest BCUT2D eigenvalue weighted by atomic mass is 10.1. The molecule has 1 N–H and O–H groups in total. The zero-order valence-electron chi connectivity index (χ0n) is 10.5. The van der Waals surface area contributed by atoms with E-state index in [4.69, 9.17) is 14.7 Å². The summed E-state index contributed by atoms with van der Waals surface area (Å²) in [6.45, 7) is 0. The predicted molar refractivity (Wildman–Crippen MR) is 67.2 cm³/mol. The number of hydrogen-bond acceptors (Lipinski definition) is 4. The Morgan fingerprint density at radius 3 is 2.61 bits per heavy atom. The van der Waals surface area contributed by atoms with Gasteiger partial charge in [0.2, 0.25) is 0 Å². The molecule has 1 rings (SSSR count). The highest BCUT2D eigenvalue weighted by Gasteiger charge is 2.11. The quantitative estimate of drug-likeness (QED) is 0.643. The van der Waals surface area contributed by atoms with E-state index in [1.54, 1.807) is 18.2 Å². The van der Waals surface area contributed by atoms with Crippen molar-refractivity contribution in [3.05, 3.63) is 29.3 Å². The van der Waals surface area contributed by atoms with Gasteiger partial charge in [0.25, 0.3) is 5.91 Å². The third kappa shape index (κ3) is 2.80. The molecule has 0 aliphatic heterocycles. The fourth-order valence-electron chi connectivity index (χ4n) is 1.46. The van der Waals surface area contributed by atoms with Crippen LogP contribution in [0.4, 0.5) is 0 Å². The molecule has 0 bridgehead atoms. The minimum Gasteiger partial charge on any atom is -0.493 e. The molecule has 0 saturated carbocycles. The molecular weight excluding hydrogens is 232 g/mol. The second kappa shape index (κ2) is 6.30. The van der Waals surface area contributed by atoms with E-state index in [1.165, 1.54) is 27.3 Å². The van der Waals surface area contributed by atoms with Crippen molar-refractivity contribution in [1.29, 1.82) is 5.26 Å². The van der Waals surface area contributed by atoms with Gasteiger partial charge in [-0.15, -0.1) is 0 Å². The van der Waals surface area contributed by atoms with E-state index < -0.39 is 5.91 Å². The van der Waals surface area contributed by atoms with Gasteiger partial charge in [-0.2, -0.15) is 5.26 Å². The summed E-state index contributed by atoms with van der Waals surface area (Å²) in [5, 5.41) is 11.3. The molecule has 0 aliphatic rings. The first-order chi connectivity index (χ1) is 8.67. The van der Waals surface area contributed by atoms with Gasteiger partial charge in [-0.05, 0) is 12.1 Å². The van der Waals surface area contributed by atoms with Crippen LogP contribution in [-0.2, 0) is 4.79 Å². The number of benzene rings is 1. The molecule has 0 heterocycles. The Morgan fingerprint density at radius 1 is 1.39 bits per heavy atom. The van der Waals surface area contributed by atoms with Crippen molar-refractivity contribution in [2.45, 2.75) is 0 Å². The maximum atomic E-state index is 11.4. The summed E-state index contributed by atoms with van der Waals surface area (Å²) in [7, 11) is 4.49. The molecule has 0 radical (unpaired) electrons. The number of para-hydroxylation sites is 1. The topological polar surface area (TPSA) is 71.4 Å². The van der Waals surface area contributed by atoms with Crippen molar-refractivity contribution >= 4 is 12.0 Å². The average Bonchev–Trinajstić information content (AvgIpc) is 2.43. The molecule has 0 unspecified atom stereocenters. The fraction of sp³-hybridized carbons (Fsp3) is 0.231. The molecule has 1 aromatic carbocycles. The van der Waals surface area contributed by atoms with Crippen LogP contribution in [0.15, 0.2) is 23.8 Å². The molecule has 5 heteroatoms. The van der Waals surface area contributed by atoms with Crippen LogP contribution in [0.5, 0.6) is 11.5 Å². The predicted octanol–water partition coefficient (Wildman–Crippen LogP) is 1.36. The summed E-state index contributed by atoms with van der Waals surface area (Å²) in [6.07, 6.45) is 1.46. The number of ether oxygens (including phenoxy) is 2. The number of hydrogen-bond donors (Lipinski definition) is 1. The smallest absolute Gasteiger partial charge is 0.261 e. The summed E-state index contributed by atoms with van der Waals surface area (Å²) in [6, 6.07) is 7.07. The van der Waals surface area contributed by atoms with Gasteiger partial charge in [0, 0.05) is 12.6 Å². The second-order valence-corrected chi connectivity index (χ2v) is 3.33. The first-order valence-corrected chi connectivity index (χ1v) is 5.22. The third-order valence-electron chi connectivity index (χ3n) is 2.33. The minimum absolute atomic E-state index is 0.00375. The van der Waals surface area contributed by atoms with Crippen LogP contribution in [-0.4, -0.2) is 27.2 Å². The number of carbonyl (C=O) groups excluding carboxylic acids is 1. The lowest BCUT2D eigenvalue weighted by molar-refractivity contribution is -0.116. The molecule has 0 spiro atoms. The second-order valence-electron chi connectivity index (χ2n) is 3.33. The minimum atomic E-state index is -0.442. The van der Waals surface area contributed by atoms with Gasteiger partial charge >= 0.3 is 0 Å². The number of nitrogens with zero attached hydrogens (tertiary/aromatic N) is 1. The Balaban J connectivity index is 3.29. The highest BCUT2D eigenvalue weighted by molar-refractivity contribution is 6.01. The molecule has 0 atom stereocenters. The Labute approximate surface area is 106 Å². The van der Waals surface area contributed by atoms with Crippen LogP contribution in [0, 0.1) is 11.3 Å².